The van der Waals surface area contributed by atoms with Crippen molar-refractivity contribution in [3.05, 3.63) is 29.3 Å². The number of nitrogens with zero attached hydrogens (tertiary/aromatic N) is 2. The number of nitrogens with one attached hydrogen (secondary N) is 1. The molecule has 2 aliphatic heterocycles. The monoisotopic (exact) mass is 371 g/mol. The lowest BCUT2D eigenvalue weighted by atomic mass is 10.1. The normalized spacial score (nSPS) is 22.9. The van der Waals surface area contributed by atoms with E-state index in [1.54, 1.807) is 4.90 Å². The highest BCUT2D eigenvalue weighted by atomic mass is 16.5. The van der Waals surface area contributed by atoms with Crippen LogP contribution in [-0.2, 0) is 27.2 Å². The molecule has 2 saturated heterocycles. The fourth-order valence-electron chi connectivity index (χ4n) is 4.37. The molecule has 1 N–H and O–H groups in total. The highest BCUT2D eigenvalue weighted by Crippen LogP contribution is 2.30. The molecule has 0 saturated carbocycles. The van der Waals surface area contributed by atoms with Gasteiger partial charge in [0.25, 0.3) is 0 Å². The Labute approximate surface area is 160 Å². The summed E-state index contributed by atoms with van der Waals surface area (Å²) in [5, 5.41) is 2.96. The van der Waals surface area contributed by atoms with Crippen molar-refractivity contribution < 1.29 is 14.3 Å². The minimum Gasteiger partial charge on any atom is -0.379 e. The Morgan fingerprint density at radius 3 is 2.81 bits per heavy atom. The van der Waals surface area contributed by atoms with E-state index in [1.165, 1.54) is 17.5 Å². The Morgan fingerprint density at radius 1 is 1.15 bits per heavy atom. The number of amides is 2. The van der Waals surface area contributed by atoms with E-state index in [1.807, 2.05) is 6.07 Å². The molecular weight excluding hydrogens is 342 g/mol. The number of rotatable bonds is 6. The Hall–Kier alpha value is -1.92. The van der Waals surface area contributed by atoms with E-state index in [4.69, 9.17) is 4.74 Å². The first-order chi connectivity index (χ1) is 13.2. The molecular formula is C21H29N3O3. The molecule has 1 atom stereocenters. The lowest BCUT2D eigenvalue weighted by molar-refractivity contribution is -0.132. The number of morpholine rings is 1. The van der Waals surface area contributed by atoms with E-state index < -0.39 is 5.92 Å². The van der Waals surface area contributed by atoms with Gasteiger partial charge in [0.1, 0.15) is 5.92 Å². The van der Waals surface area contributed by atoms with Crippen molar-refractivity contribution in [2.75, 3.05) is 50.8 Å². The highest BCUT2D eigenvalue weighted by Gasteiger charge is 2.37. The molecule has 27 heavy (non-hydrogen) atoms. The Kier molecular flexibility index (Phi) is 5.74. The van der Waals surface area contributed by atoms with Crippen LogP contribution in [0.5, 0.6) is 0 Å². The summed E-state index contributed by atoms with van der Waals surface area (Å²) in [5.74, 6) is -0.717. The second kappa shape index (κ2) is 8.40. The fourth-order valence-corrected chi connectivity index (χ4v) is 4.37. The zero-order chi connectivity index (χ0) is 18.6. The lowest BCUT2D eigenvalue weighted by Crippen LogP contribution is -2.40. The standard InChI is InChI=1S/C21H29N3O3/c25-20(22-8-2-9-23-11-13-27-14-12-23)19-7-10-24(21(19)26)18-6-5-16-3-1-4-17(16)15-18/h5-6,15,19H,1-4,7-14H2,(H,22,25)/t19-/m0/s1. The smallest absolute Gasteiger partial charge is 0.239 e. The van der Waals surface area contributed by atoms with Crippen LogP contribution >= 0.6 is 0 Å². The van der Waals surface area contributed by atoms with Crippen LogP contribution in [0.1, 0.15) is 30.4 Å². The Bertz CT molecular complexity index is 700. The second-order valence-corrected chi connectivity index (χ2v) is 7.74. The van der Waals surface area contributed by atoms with Crippen LogP contribution in [0, 0.1) is 5.92 Å². The molecule has 0 aromatic heterocycles. The predicted octanol–water partition coefficient (Wildman–Crippen LogP) is 1.37. The van der Waals surface area contributed by atoms with Gasteiger partial charge in [0.05, 0.1) is 13.2 Å². The maximum absolute atomic E-state index is 12.8. The largest absolute Gasteiger partial charge is 0.379 e. The average molecular weight is 371 g/mol. The number of carbonyl (C=O) groups excluding carboxylic acids is 2. The summed E-state index contributed by atoms with van der Waals surface area (Å²) < 4.78 is 5.34. The van der Waals surface area contributed by atoms with Crippen LogP contribution in [0.3, 0.4) is 0 Å². The topological polar surface area (TPSA) is 61.9 Å². The number of aryl methyl sites for hydroxylation is 2. The van der Waals surface area contributed by atoms with Crippen LogP contribution in [-0.4, -0.2) is 62.7 Å². The van der Waals surface area contributed by atoms with E-state index in [0.29, 0.717) is 19.5 Å². The zero-order valence-electron chi connectivity index (χ0n) is 15.9. The maximum atomic E-state index is 12.8. The van der Waals surface area contributed by atoms with Crippen molar-refractivity contribution in [3.8, 4) is 0 Å². The Morgan fingerprint density at radius 2 is 1.96 bits per heavy atom. The molecule has 4 rings (SSSR count). The number of hydrogen-bond acceptors (Lipinski definition) is 4. The highest BCUT2D eigenvalue weighted by molar-refractivity contribution is 6.09. The maximum Gasteiger partial charge on any atom is 0.239 e. The average Bonchev–Trinajstić information content (AvgIpc) is 3.31. The third-order valence-corrected chi connectivity index (χ3v) is 5.97. The molecule has 2 amide bonds. The summed E-state index contributed by atoms with van der Waals surface area (Å²) in [6, 6.07) is 6.32. The van der Waals surface area contributed by atoms with Gasteiger partial charge in [-0.2, -0.15) is 0 Å². The van der Waals surface area contributed by atoms with Crippen molar-refractivity contribution in [2.24, 2.45) is 5.92 Å². The molecule has 1 aromatic carbocycles. The summed E-state index contributed by atoms with van der Waals surface area (Å²) in [5.41, 5.74) is 3.71. The minimum absolute atomic E-state index is 0.0568. The number of hydrogen-bond donors (Lipinski definition) is 1. The van der Waals surface area contributed by atoms with E-state index in [2.05, 4.69) is 22.3 Å². The summed E-state index contributed by atoms with van der Waals surface area (Å²) in [6.45, 7) is 5.73. The molecule has 6 nitrogen and oxygen atoms in total. The number of anilines is 1. The van der Waals surface area contributed by atoms with Gasteiger partial charge >= 0.3 is 0 Å². The van der Waals surface area contributed by atoms with Crippen molar-refractivity contribution in [1.82, 2.24) is 10.2 Å². The van der Waals surface area contributed by atoms with Gasteiger partial charge in [0.15, 0.2) is 0 Å². The van der Waals surface area contributed by atoms with Gasteiger partial charge in [-0.05, 0) is 61.9 Å². The van der Waals surface area contributed by atoms with Gasteiger partial charge in [-0.3, -0.25) is 14.5 Å². The summed E-state index contributed by atoms with van der Waals surface area (Å²) in [4.78, 5) is 29.4. The summed E-state index contributed by atoms with van der Waals surface area (Å²) >= 11 is 0. The van der Waals surface area contributed by atoms with Gasteiger partial charge in [-0.25, -0.2) is 0 Å². The Balaban J connectivity index is 1.26. The predicted molar refractivity (Wildman–Crippen MR) is 104 cm³/mol. The molecule has 146 valence electrons. The summed E-state index contributed by atoms with van der Waals surface area (Å²) in [6.07, 6.45) is 4.94. The minimum atomic E-state index is -0.540. The van der Waals surface area contributed by atoms with E-state index in [9.17, 15) is 9.59 Å². The lowest BCUT2D eigenvalue weighted by Gasteiger charge is -2.26. The van der Waals surface area contributed by atoms with Crippen molar-refractivity contribution >= 4 is 17.5 Å². The first kappa shape index (κ1) is 18.4. The summed E-state index contributed by atoms with van der Waals surface area (Å²) in [7, 11) is 0. The van der Waals surface area contributed by atoms with Crippen LogP contribution in [0.25, 0.3) is 0 Å². The number of fused-ring (bicyclic) bond motifs is 1. The van der Waals surface area contributed by atoms with Gasteiger partial charge in [0.2, 0.25) is 11.8 Å². The molecule has 0 radical (unpaired) electrons. The molecule has 1 aromatic rings. The number of ether oxygens (including phenoxy) is 1. The molecule has 0 unspecified atom stereocenters. The van der Waals surface area contributed by atoms with Crippen molar-refractivity contribution in [1.29, 1.82) is 0 Å². The molecule has 0 spiro atoms. The quantitative estimate of drug-likeness (QED) is 0.606. The van der Waals surface area contributed by atoms with Crippen LogP contribution < -0.4 is 10.2 Å². The number of carbonyl (C=O) groups is 2. The van der Waals surface area contributed by atoms with Gasteiger partial charge in [-0.15, -0.1) is 0 Å². The van der Waals surface area contributed by atoms with Gasteiger partial charge in [0, 0.05) is 31.9 Å². The molecule has 1 aliphatic carbocycles. The molecule has 6 heteroatoms. The number of benzene rings is 1. The van der Waals surface area contributed by atoms with Crippen LogP contribution in [0.2, 0.25) is 0 Å². The van der Waals surface area contributed by atoms with Crippen molar-refractivity contribution in [2.45, 2.75) is 32.1 Å². The van der Waals surface area contributed by atoms with Crippen molar-refractivity contribution in [3.63, 3.8) is 0 Å². The fraction of sp³-hybridized carbons (Fsp3) is 0.619. The molecule has 3 aliphatic rings. The zero-order valence-corrected chi connectivity index (χ0v) is 15.9. The molecule has 0 bridgehead atoms. The third kappa shape index (κ3) is 4.17. The molecule has 2 fully saturated rings. The molecule has 2 heterocycles. The van der Waals surface area contributed by atoms with E-state index in [0.717, 1.165) is 57.8 Å². The van der Waals surface area contributed by atoms with E-state index in [-0.39, 0.29) is 11.8 Å². The second-order valence-electron chi connectivity index (χ2n) is 7.74. The SMILES string of the molecule is O=C(NCCCN1CCOCC1)[C@@H]1CCN(c2ccc3c(c2)CCC3)C1=O. The first-order valence-corrected chi connectivity index (χ1v) is 10.2. The first-order valence-electron chi connectivity index (χ1n) is 10.2. The van der Waals surface area contributed by atoms with E-state index >= 15 is 0 Å². The van der Waals surface area contributed by atoms with Crippen LogP contribution in [0.15, 0.2) is 18.2 Å². The van der Waals surface area contributed by atoms with Gasteiger partial charge in [-0.1, -0.05) is 6.07 Å². The van der Waals surface area contributed by atoms with Gasteiger partial charge < -0.3 is 15.0 Å². The third-order valence-electron chi connectivity index (χ3n) is 5.97. The van der Waals surface area contributed by atoms with Crippen LogP contribution in [0.4, 0.5) is 5.69 Å².